The van der Waals surface area contributed by atoms with E-state index < -0.39 is 0 Å². The highest BCUT2D eigenvalue weighted by Crippen LogP contribution is 2.24. The maximum absolute atomic E-state index is 4.48. The number of hydrogen-bond donors (Lipinski definition) is 0. The Labute approximate surface area is 139 Å². The minimum Gasteiger partial charge on any atom is -0.295 e. The molecule has 0 fully saturated rings. The minimum atomic E-state index is 0.703. The van der Waals surface area contributed by atoms with E-state index >= 15 is 0 Å². The molecule has 0 unspecified atom stereocenters. The number of nitrogens with zero attached hydrogens (tertiary/aromatic N) is 6. The van der Waals surface area contributed by atoms with Crippen LogP contribution in [-0.2, 0) is 12.3 Å². The highest BCUT2D eigenvalue weighted by molar-refractivity contribution is 7.98. The Morgan fingerprint density at radius 3 is 2.65 bits per heavy atom. The van der Waals surface area contributed by atoms with Gasteiger partial charge < -0.3 is 0 Å². The van der Waals surface area contributed by atoms with Gasteiger partial charge in [0.25, 0.3) is 0 Å². The number of aromatic nitrogens is 6. The first kappa shape index (κ1) is 15.7. The summed E-state index contributed by atoms with van der Waals surface area (Å²) in [6, 6.07) is 6.51. The Hall–Kier alpha value is -2.15. The van der Waals surface area contributed by atoms with E-state index in [1.807, 2.05) is 17.1 Å². The van der Waals surface area contributed by atoms with Gasteiger partial charge in [-0.25, -0.2) is 9.67 Å². The Morgan fingerprint density at radius 2 is 1.91 bits per heavy atom. The van der Waals surface area contributed by atoms with Crippen LogP contribution in [0.5, 0.6) is 0 Å². The lowest BCUT2D eigenvalue weighted by Gasteiger charge is -2.09. The number of rotatable bonds is 6. The van der Waals surface area contributed by atoms with E-state index in [9.17, 15) is 0 Å². The summed E-state index contributed by atoms with van der Waals surface area (Å²) in [5.41, 5.74) is 3.63. The first-order valence-corrected chi connectivity index (χ1v) is 8.66. The van der Waals surface area contributed by atoms with Crippen LogP contribution in [0.4, 0.5) is 0 Å². The zero-order chi connectivity index (χ0) is 16.2. The quantitative estimate of drug-likeness (QED) is 0.650. The van der Waals surface area contributed by atoms with Crippen LogP contribution in [0.2, 0.25) is 0 Å². The average Bonchev–Trinajstić information content (AvgIpc) is 3.13. The van der Waals surface area contributed by atoms with E-state index in [-0.39, 0.29) is 0 Å². The molecule has 23 heavy (non-hydrogen) atoms. The third kappa shape index (κ3) is 3.61. The zero-order valence-electron chi connectivity index (χ0n) is 13.6. The number of benzene rings is 1. The topological polar surface area (TPSA) is 61.4 Å². The van der Waals surface area contributed by atoms with Gasteiger partial charge in [-0.2, -0.15) is 0 Å². The number of imidazole rings is 1. The molecule has 0 saturated heterocycles. The van der Waals surface area contributed by atoms with E-state index in [2.05, 4.69) is 64.0 Å². The van der Waals surface area contributed by atoms with Crippen LogP contribution in [0, 0.1) is 13.8 Å². The van der Waals surface area contributed by atoms with Crippen molar-refractivity contribution in [3.05, 3.63) is 47.5 Å². The fourth-order valence-electron chi connectivity index (χ4n) is 2.52. The molecule has 0 bridgehead atoms. The Kier molecular flexibility index (Phi) is 4.76. The molecule has 0 saturated carbocycles. The normalized spacial score (nSPS) is 11.1. The standard InChI is InChI=1S/C16H20N6S/c1-4-6-22-15(18-19-20-22)11-23-16-17-5-7-21(16)14-9-12(2)8-13(3)10-14/h5,7-10H,4,6,11H2,1-3H3. The smallest absolute Gasteiger partial charge is 0.173 e. The first-order chi connectivity index (χ1) is 11.2. The second-order valence-corrected chi connectivity index (χ2v) is 6.48. The summed E-state index contributed by atoms with van der Waals surface area (Å²) in [4.78, 5) is 4.48. The second-order valence-electron chi connectivity index (χ2n) is 5.53. The first-order valence-electron chi connectivity index (χ1n) is 7.67. The van der Waals surface area contributed by atoms with Crippen molar-refractivity contribution in [2.45, 2.75) is 44.6 Å². The van der Waals surface area contributed by atoms with Gasteiger partial charge in [-0.1, -0.05) is 24.8 Å². The summed E-state index contributed by atoms with van der Waals surface area (Å²) in [6.45, 7) is 7.18. The van der Waals surface area contributed by atoms with Gasteiger partial charge in [0, 0.05) is 24.6 Å². The van der Waals surface area contributed by atoms with Crippen LogP contribution in [-0.4, -0.2) is 29.8 Å². The number of thioether (sulfide) groups is 1. The highest BCUT2D eigenvalue weighted by atomic mass is 32.2. The van der Waals surface area contributed by atoms with Gasteiger partial charge in [0.05, 0.1) is 5.75 Å². The number of aryl methyl sites for hydroxylation is 3. The van der Waals surface area contributed by atoms with Crippen molar-refractivity contribution < 1.29 is 0 Å². The molecule has 6 nitrogen and oxygen atoms in total. The van der Waals surface area contributed by atoms with Crippen molar-refractivity contribution in [1.29, 1.82) is 0 Å². The molecule has 1 aromatic carbocycles. The predicted octanol–water partition coefficient (Wildman–Crippen LogP) is 3.18. The van der Waals surface area contributed by atoms with Crippen LogP contribution >= 0.6 is 11.8 Å². The third-order valence-electron chi connectivity index (χ3n) is 3.46. The molecule has 7 heteroatoms. The molecule has 2 heterocycles. The molecule has 0 atom stereocenters. The lowest BCUT2D eigenvalue weighted by Crippen LogP contribution is -2.05. The van der Waals surface area contributed by atoms with Crippen LogP contribution < -0.4 is 0 Å². The molecule has 0 spiro atoms. The third-order valence-corrected chi connectivity index (χ3v) is 4.43. The Bertz CT molecular complexity index is 771. The molecule has 120 valence electrons. The second kappa shape index (κ2) is 6.95. The summed E-state index contributed by atoms with van der Waals surface area (Å²) < 4.78 is 3.97. The lowest BCUT2D eigenvalue weighted by molar-refractivity contribution is 0.564. The minimum absolute atomic E-state index is 0.703. The molecule has 0 aliphatic heterocycles. The molecule has 0 N–H and O–H groups in total. The van der Waals surface area contributed by atoms with E-state index in [1.165, 1.54) is 11.1 Å². The van der Waals surface area contributed by atoms with Gasteiger partial charge >= 0.3 is 0 Å². The number of tetrazole rings is 1. The summed E-state index contributed by atoms with van der Waals surface area (Å²) in [5, 5.41) is 12.8. The lowest BCUT2D eigenvalue weighted by atomic mass is 10.1. The fraction of sp³-hybridized carbons (Fsp3) is 0.375. The van der Waals surface area contributed by atoms with Crippen molar-refractivity contribution in [1.82, 2.24) is 29.8 Å². The fourth-order valence-corrected chi connectivity index (χ4v) is 3.43. The highest BCUT2D eigenvalue weighted by Gasteiger charge is 2.10. The van der Waals surface area contributed by atoms with Crippen molar-refractivity contribution >= 4 is 11.8 Å². The largest absolute Gasteiger partial charge is 0.295 e. The van der Waals surface area contributed by atoms with E-state index in [0.717, 1.165) is 29.6 Å². The van der Waals surface area contributed by atoms with E-state index in [1.54, 1.807) is 11.8 Å². The van der Waals surface area contributed by atoms with Gasteiger partial charge in [-0.05, 0) is 54.0 Å². The van der Waals surface area contributed by atoms with Crippen molar-refractivity contribution in [3.8, 4) is 5.69 Å². The van der Waals surface area contributed by atoms with E-state index in [0.29, 0.717) is 5.75 Å². The summed E-state index contributed by atoms with van der Waals surface area (Å²) in [6.07, 6.45) is 4.83. The molecule has 3 rings (SSSR count). The van der Waals surface area contributed by atoms with Crippen LogP contribution in [0.1, 0.15) is 30.3 Å². The summed E-state index contributed by atoms with van der Waals surface area (Å²) in [5.74, 6) is 1.58. The van der Waals surface area contributed by atoms with Crippen molar-refractivity contribution in [2.24, 2.45) is 0 Å². The average molecular weight is 328 g/mol. The van der Waals surface area contributed by atoms with Gasteiger partial charge in [0.1, 0.15) is 0 Å². The van der Waals surface area contributed by atoms with Crippen LogP contribution in [0.25, 0.3) is 5.69 Å². The number of hydrogen-bond acceptors (Lipinski definition) is 5. The van der Waals surface area contributed by atoms with Crippen LogP contribution in [0.15, 0.2) is 35.7 Å². The summed E-state index contributed by atoms with van der Waals surface area (Å²) >= 11 is 1.65. The molecule has 0 aliphatic carbocycles. The maximum Gasteiger partial charge on any atom is 0.173 e. The van der Waals surface area contributed by atoms with Crippen molar-refractivity contribution in [2.75, 3.05) is 0 Å². The van der Waals surface area contributed by atoms with Gasteiger partial charge in [-0.3, -0.25) is 4.57 Å². The van der Waals surface area contributed by atoms with Crippen LogP contribution in [0.3, 0.4) is 0 Å². The molecular formula is C16H20N6S. The van der Waals surface area contributed by atoms with Gasteiger partial charge in [0.15, 0.2) is 11.0 Å². The maximum atomic E-state index is 4.48. The predicted molar refractivity (Wildman–Crippen MR) is 90.7 cm³/mol. The molecular weight excluding hydrogens is 308 g/mol. The summed E-state index contributed by atoms with van der Waals surface area (Å²) in [7, 11) is 0. The molecule has 0 aliphatic rings. The SMILES string of the molecule is CCCn1nnnc1CSc1nccn1-c1cc(C)cc(C)c1. The van der Waals surface area contributed by atoms with Crippen molar-refractivity contribution in [3.63, 3.8) is 0 Å². The van der Waals surface area contributed by atoms with Gasteiger partial charge in [0.2, 0.25) is 0 Å². The molecule has 0 amide bonds. The van der Waals surface area contributed by atoms with Gasteiger partial charge in [-0.15, -0.1) is 5.10 Å². The Morgan fingerprint density at radius 1 is 1.13 bits per heavy atom. The monoisotopic (exact) mass is 328 g/mol. The Balaban J connectivity index is 1.80. The molecule has 3 aromatic rings. The van der Waals surface area contributed by atoms with E-state index in [4.69, 9.17) is 0 Å². The molecule has 2 aromatic heterocycles. The molecule has 0 radical (unpaired) electrons. The zero-order valence-corrected chi connectivity index (χ0v) is 14.4.